The molecule has 28 heavy (non-hydrogen) atoms. The van der Waals surface area contributed by atoms with Crippen LogP contribution < -0.4 is 10.1 Å². The average Bonchev–Trinajstić information content (AvgIpc) is 2.77. The molecule has 0 unspecified atom stereocenters. The minimum Gasteiger partial charge on any atom is -0.496 e. The molecule has 0 aliphatic carbocycles. The van der Waals surface area contributed by atoms with Gasteiger partial charge in [0.05, 0.1) is 7.11 Å². The minimum atomic E-state index is -0.153. The molecule has 0 aliphatic heterocycles. The molecule has 0 radical (unpaired) electrons. The van der Waals surface area contributed by atoms with Gasteiger partial charge in [0.2, 0.25) is 5.91 Å². The van der Waals surface area contributed by atoms with Crippen molar-refractivity contribution in [3.05, 3.63) is 90.0 Å². The highest BCUT2D eigenvalue weighted by atomic mass is 16.5. The van der Waals surface area contributed by atoms with Gasteiger partial charge >= 0.3 is 0 Å². The molecule has 0 spiro atoms. The summed E-state index contributed by atoms with van der Waals surface area (Å²) in [5.74, 6) is 0.546. The molecule has 0 atom stereocenters. The largest absolute Gasteiger partial charge is 0.496 e. The zero-order valence-corrected chi connectivity index (χ0v) is 15.9. The maximum absolute atomic E-state index is 12.4. The molecule has 1 amide bonds. The van der Waals surface area contributed by atoms with E-state index in [1.54, 1.807) is 7.11 Å². The van der Waals surface area contributed by atoms with Gasteiger partial charge in [-0.05, 0) is 17.2 Å². The first-order chi connectivity index (χ1) is 13.7. The van der Waals surface area contributed by atoms with Gasteiger partial charge in [-0.2, -0.15) is 0 Å². The Morgan fingerprint density at radius 2 is 1.43 bits per heavy atom. The summed E-state index contributed by atoms with van der Waals surface area (Å²) in [6.07, 6.45) is 0.344. The van der Waals surface area contributed by atoms with Gasteiger partial charge in [0, 0.05) is 30.5 Å². The number of Topliss-reactive ketones (excluding diaryl/α,β-unsaturated/α-hetero) is 1. The number of hydrogen-bond acceptors (Lipinski definition) is 3. The molecule has 0 aliphatic rings. The average molecular weight is 373 g/mol. The smallest absolute Gasteiger partial charge is 0.220 e. The number of carbonyl (C=O) groups is 2. The first kappa shape index (κ1) is 19.4. The third-order valence-electron chi connectivity index (χ3n) is 4.56. The predicted octanol–water partition coefficient (Wildman–Crippen LogP) is 4.64. The fraction of sp³-hybridized carbons (Fsp3) is 0.167. The van der Waals surface area contributed by atoms with Crippen LogP contribution in [-0.2, 0) is 11.3 Å². The van der Waals surface area contributed by atoms with Gasteiger partial charge in [0.1, 0.15) is 5.75 Å². The third-order valence-corrected chi connectivity index (χ3v) is 4.56. The van der Waals surface area contributed by atoms with Gasteiger partial charge in [0.15, 0.2) is 5.78 Å². The molecule has 0 heterocycles. The van der Waals surface area contributed by atoms with E-state index in [4.69, 9.17) is 4.74 Å². The fourth-order valence-corrected chi connectivity index (χ4v) is 2.98. The van der Waals surface area contributed by atoms with E-state index in [1.165, 1.54) is 0 Å². The maximum atomic E-state index is 12.4. The second-order valence-corrected chi connectivity index (χ2v) is 6.46. The first-order valence-electron chi connectivity index (χ1n) is 9.24. The number of hydrogen-bond donors (Lipinski definition) is 1. The van der Waals surface area contributed by atoms with Crippen molar-refractivity contribution in [1.29, 1.82) is 0 Å². The minimum absolute atomic E-state index is 0.0351. The highest BCUT2D eigenvalue weighted by molar-refractivity contribution is 5.98. The molecule has 0 saturated carbocycles. The summed E-state index contributed by atoms with van der Waals surface area (Å²) in [6.45, 7) is 0.378. The Hall–Kier alpha value is -3.40. The number of rotatable bonds is 8. The van der Waals surface area contributed by atoms with Crippen LogP contribution in [0.1, 0.15) is 28.8 Å². The zero-order chi connectivity index (χ0) is 19.8. The second kappa shape index (κ2) is 9.51. The summed E-state index contributed by atoms with van der Waals surface area (Å²) in [5, 5.41) is 2.84. The van der Waals surface area contributed by atoms with Crippen LogP contribution in [0, 0.1) is 0 Å². The summed E-state index contributed by atoms with van der Waals surface area (Å²) < 4.78 is 5.27. The van der Waals surface area contributed by atoms with Gasteiger partial charge in [-0.3, -0.25) is 9.59 Å². The van der Waals surface area contributed by atoms with Crippen LogP contribution in [0.15, 0.2) is 78.9 Å². The van der Waals surface area contributed by atoms with E-state index in [1.807, 2.05) is 78.9 Å². The summed E-state index contributed by atoms with van der Waals surface area (Å²) >= 11 is 0. The Morgan fingerprint density at radius 3 is 2.14 bits per heavy atom. The van der Waals surface area contributed by atoms with Crippen molar-refractivity contribution in [1.82, 2.24) is 5.32 Å². The highest BCUT2D eigenvalue weighted by Gasteiger charge is 2.10. The predicted molar refractivity (Wildman–Crippen MR) is 110 cm³/mol. The molecule has 4 heteroatoms. The lowest BCUT2D eigenvalue weighted by molar-refractivity contribution is -0.121. The SMILES string of the molecule is COc1ccccc1CNC(=O)CCC(=O)c1ccc(-c2ccccc2)cc1. The second-order valence-electron chi connectivity index (χ2n) is 6.46. The number of nitrogens with one attached hydrogen (secondary N) is 1. The molecule has 0 bridgehead atoms. The maximum Gasteiger partial charge on any atom is 0.220 e. The monoisotopic (exact) mass is 373 g/mol. The van der Waals surface area contributed by atoms with Crippen molar-refractivity contribution in [2.45, 2.75) is 19.4 Å². The topological polar surface area (TPSA) is 55.4 Å². The van der Waals surface area contributed by atoms with Crippen LogP contribution in [0.2, 0.25) is 0 Å². The standard InChI is InChI=1S/C24H23NO3/c1-28-23-10-6-5-9-21(23)17-25-24(27)16-15-22(26)20-13-11-19(12-14-20)18-7-3-2-4-8-18/h2-14H,15-17H2,1H3,(H,25,27). The Kier molecular flexibility index (Phi) is 6.58. The van der Waals surface area contributed by atoms with E-state index in [-0.39, 0.29) is 24.5 Å². The summed E-state index contributed by atoms with van der Waals surface area (Å²) in [5.41, 5.74) is 3.70. The molecule has 3 aromatic rings. The lowest BCUT2D eigenvalue weighted by Gasteiger charge is -2.09. The number of ketones is 1. The fourth-order valence-electron chi connectivity index (χ4n) is 2.98. The van der Waals surface area contributed by atoms with Crippen LogP contribution in [0.5, 0.6) is 5.75 Å². The lowest BCUT2D eigenvalue weighted by atomic mass is 10.0. The quantitative estimate of drug-likeness (QED) is 0.585. The molecule has 142 valence electrons. The molecule has 3 aromatic carbocycles. The number of methoxy groups -OCH3 is 1. The van der Waals surface area contributed by atoms with Crippen molar-refractivity contribution in [3.63, 3.8) is 0 Å². The van der Waals surface area contributed by atoms with Crippen molar-refractivity contribution in [2.24, 2.45) is 0 Å². The van der Waals surface area contributed by atoms with Crippen molar-refractivity contribution < 1.29 is 14.3 Å². The van der Waals surface area contributed by atoms with E-state index in [0.29, 0.717) is 12.1 Å². The van der Waals surface area contributed by atoms with E-state index in [0.717, 1.165) is 22.4 Å². The molecular weight excluding hydrogens is 350 g/mol. The Morgan fingerprint density at radius 1 is 0.786 bits per heavy atom. The molecule has 0 saturated heterocycles. The Balaban J connectivity index is 1.50. The van der Waals surface area contributed by atoms with Crippen molar-refractivity contribution in [2.75, 3.05) is 7.11 Å². The van der Waals surface area contributed by atoms with Gasteiger partial charge in [0.25, 0.3) is 0 Å². The molecule has 3 rings (SSSR count). The summed E-state index contributed by atoms with van der Waals surface area (Å²) in [6, 6.07) is 25.0. The van der Waals surface area contributed by atoms with Crippen molar-refractivity contribution in [3.8, 4) is 16.9 Å². The molecule has 1 N–H and O–H groups in total. The number of amides is 1. The normalized spacial score (nSPS) is 10.3. The molecule has 4 nitrogen and oxygen atoms in total. The van der Waals surface area contributed by atoms with E-state index >= 15 is 0 Å². The summed E-state index contributed by atoms with van der Waals surface area (Å²) in [7, 11) is 1.60. The van der Waals surface area contributed by atoms with E-state index in [2.05, 4.69) is 5.32 Å². The van der Waals surface area contributed by atoms with Gasteiger partial charge < -0.3 is 10.1 Å². The van der Waals surface area contributed by atoms with Crippen LogP contribution >= 0.6 is 0 Å². The lowest BCUT2D eigenvalue weighted by Crippen LogP contribution is -2.23. The highest BCUT2D eigenvalue weighted by Crippen LogP contribution is 2.20. The third kappa shape index (κ3) is 5.07. The van der Waals surface area contributed by atoms with Gasteiger partial charge in [-0.15, -0.1) is 0 Å². The Bertz CT molecular complexity index is 934. The van der Waals surface area contributed by atoms with Gasteiger partial charge in [-0.25, -0.2) is 0 Å². The van der Waals surface area contributed by atoms with Crippen LogP contribution in [-0.4, -0.2) is 18.8 Å². The van der Waals surface area contributed by atoms with Crippen LogP contribution in [0.25, 0.3) is 11.1 Å². The van der Waals surface area contributed by atoms with Crippen LogP contribution in [0.4, 0.5) is 0 Å². The number of para-hydroxylation sites is 1. The number of carbonyl (C=O) groups excluding carboxylic acids is 2. The number of benzene rings is 3. The summed E-state index contributed by atoms with van der Waals surface area (Å²) in [4.78, 5) is 24.5. The Labute approximate surface area is 165 Å². The molecular formula is C24H23NO3. The first-order valence-corrected chi connectivity index (χ1v) is 9.24. The zero-order valence-electron chi connectivity index (χ0n) is 15.9. The molecule has 0 aromatic heterocycles. The van der Waals surface area contributed by atoms with E-state index in [9.17, 15) is 9.59 Å². The molecule has 0 fully saturated rings. The van der Waals surface area contributed by atoms with Gasteiger partial charge in [-0.1, -0.05) is 72.8 Å². The van der Waals surface area contributed by atoms with E-state index < -0.39 is 0 Å². The van der Waals surface area contributed by atoms with Crippen molar-refractivity contribution >= 4 is 11.7 Å². The number of ether oxygens (including phenoxy) is 1. The van der Waals surface area contributed by atoms with Crippen LogP contribution in [0.3, 0.4) is 0 Å².